The number of ether oxygens (including phenoxy) is 5. The van der Waals surface area contributed by atoms with E-state index in [9.17, 15) is 4.79 Å². The molecule has 2 aromatic carbocycles. The molecule has 0 unspecified atom stereocenters. The van der Waals surface area contributed by atoms with Gasteiger partial charge in [0.1, 0.15) is 0 Å². The highest BCUT2D eigenvalue weighted by Gasteiger charge is 2.14. The van der Waals surface area contributed by atoms with Crippen LogP contribution in [0.5, 0.6) is 28.7 Å². The van der Waals surface area contributed by atoms with E-state index in [2.05, 4.69) is 5.32 Å². The first-order chi connectivity index (χ1) is 12.6. The molecular weight excluding hydrogens is 338 g/mol. The van der Waals surface area contributed by atoms with Crippen molar-refractivity contribution in [2.75, 3.05) is 33.4 Å². The highest BCUT2D eigenvalue weighted by molar-refractivity contribution is 6.02. The highest BCUT2D eigenvalue weighted by Crippen LogP contribution is 2.40. The van der Waals surface area contributed by atoms with Crippen molar-refractivity contribution in [2.24, 2.45) is 0 Å². The quantitative estimate of drug-likeness (QED) is 0.801. The van der Waals surface area contributed by atoms with Crippen LogP contribution in [0.2, 0.25) is 0 Å². The minimum Gasteiger partial charge on any atom is -0.493 e. The molecule has 2 aromatic rings. The minimum absolute atomic E-state index is 0.212. The molecule has 1 N–H and O–H groups in total. The summed E-state index contributed by atoms with van der Waals surface area (Å²) in [6.07, 6.45) is 3.12. The van der Waals surface area contributed by atoms with Crippen molar-refractivity contribution in [1.82, 2.24) is 0 Å². The van der Waals surface area contributed by atoms with E-state index in [0.717, 1.165) is 5.56 Å². The van der Waals surface area contributed by atoms with Crippen molar-refractivity contribution in [2.45, 2.75) is 0 Å². The van der Waals surface area contributed by atoms with Crippen LogP contribution in [-0.4, -0.2) is 34.0 Å². The Labute approximate surface area is 151 Å². The van der Waals surface area contributed by atoms with Gasteiger partial charge in [-0.2, -0.15) is 0 Å². The molecule has 1 aliphatic heterocycles. The second-order valence-electron chi connectivity index (χ2n) is 5.35. The van der Waals surface area contributed by atoms with E-state index < -0.39 is 0 Å². The lowest BCUT2D eigenvalue weighted by Gasteiger charge is -2.14. The van der Waals surface area contributed by atoms with E-state index in [1.165, 1.54) is 27.4 Å². The topological polar surface area (TPSA) is 75.3 Å². The number of hydrogen-bond acceptors (Lipinski definition) is 6. The molecule has 7 heteroatoms. The predicted molar refractivity (Wildman–Crippen MR) is 96.3 cm³/mol. The van der Waals surface area contributed by atoms with E-state index in [1.54, 1.807) is 24.3 Å². The predicted octanol–water partition coefficient (Wildman–Crippen LogP) is 3.09. The van der Waals surface area contributed by atoms with Gasteiger partial charge in [-0.05, 0) is 23.8 Å². The summed E-state index contributed by atoms with van der Waals surface area (Å²) in [5.74, 6) is 2.45. The summed E-state index contributed by atoms with van der Waals surface area (Å²) in [7, 11) is 4.55. The molecule has 26 heavy (non-hydrogen) atoms. The fourth-order valence-corrected chi connectivity index (χ4v) is 2.53. The van der Waals surface area contributed by atoms with Gasteiger partial charge < -0.3 is 29.0 Å². The monoisotopic (exact) mass is 357 g/mol. The number of hydrogen-bond donors (Lipinski definition) is 1. The molecular formula is C19H19NO6. The molecule has 0 radical (unpaired) electrons. The summed E-state index contributed by atoms with van der Waals surface area (Å²) >= 11 is 0. The van der Waals surface area contributed by atoms with Gasteiger partial charge in [0, 0.05) is 23.9 Å². The lowest BCUT2D eigenvalue weighted by Crippen LogP contribution is -2.08. The minimum atomic E-state index is -0.295. The highest BCUT2D eigenvalue weighted by atomic mass is 16.7. The van der Waals surface area contributed by atoms with Crippen molar-refractivity contribution in [3.8, 4) is 28.7 Å². The summed E-state index contributed by atoms with van der Waals surface area (Å²) in [6, 6.07) is 8.78. The van der Waals surface area contributed by atoms with E-state index in [0.29, 0.717) is 34.4 Å². The van der Waals surface area contributed by atoms with E-state index in [4.69, 9.17) is 23.7 Å². The maximum absolute atomic E-state index is 12.2. The molecule has 1 amide bonds. The Morgan fingerprint density at radius 1 is 1.00 bits per heavy atom. The first-order valence-electron chi connectivity index (χ1n) is 7.83. The van der Waals surface area contributed by atoms with Gasteiger partial charge in [0.2, 0.25) is 18.4 Å². The van der Waals surface area contributed by atoms with Crippen LogP contribution in [0.3, 0.4) is 0 Å². The Hall–Kier alpha value is -3.35. The van der Waals surface area contributed by atoms with Gasteiger partial charge in [-0.15, -0.1) is 0 Å². The molecule has 1 heterocycles. The summed E-state index contributed by atoms with van der Waals surface area (Å²) in [5, 5.41) is 2.77. The maximum Gasteiger partial charge on any atom is 0.248 e. The van der Waals surface area contributed by atoms with Gasteiger partial charge in [-0.3, -0.25) is 4.79 Å². The molecule has 3 rings (SSSR count). The Morgan fingerprint density at radius 3 is 2.35 bits per heavy atom. The third kappa shape index (κ3) is 3.66. The average Bonchev–Trinajstić information content (AvgIpc) is 3.13. The van der Waals surface area contributed by atoms with Crippen LogP contribution in [0.25, 0.3) is 6.08 Å². The van der Waals surface area contributed by atoms with Crippen LogP contribution >= 0.6 is 0 Å². The molecule has 7 nitrogen and oxygen atoms in total. The number of methoxy groups -OCH3 is 3. The number of benzene rings is 2. The van der Waals surface area contributed by atoms with Crippen LogP contribution in [0.4, 0.5) is 5.69 Å². The molecule has 136 valence electrons. The van der Waals surface area contributed by atoms with Crippen molar-refractivity contribution in [3.63, 3.8) is 0 Å². The molecule has 1 aliphatic rings. The van der Waals surface area contributed by atoms with Crippen molar-refractivity contribution >= 4 is 17.7 Å². The standard InChI is InChI=1S/C19H19NO6/c1-22-16-9-13(10-17(23-2)19(16)24-3)20-18(21)7-5-12-4-6-14-15(8-12)26-11-25-14/h4-10H,11H2,1-3H3,(H,20,21)/b7-5+. The Balaban J connectivity index is 1.73. The first-order valence-corrected chi connectivity index (χ1v) is 7.83. The van der Waals surface area contributed by atoms with Gasteiger partial charge in [0.25, 0.3) is 0 Å². The smallest absolute Gasteiger partial charge is 0.248 e. The number of nitrogens with one attached hydrogen (secondary N) is 1. The molecule has 0 bridgehead atoms. The van der Waals surface area contributed by atoms with E-state index >= 15 is 0 Å². The van der Waals surface area contributed by atoms with Gasteiger partial charge in [-0.25, -0.2) is 0 Å². The zero-order chi connectivity index (χ0) is 18.5. The van der Waals surface area contributed by atoms with Gasteiger partial charge in [0.15, 0.2) is 23.0 Å². The largest absolute Gasteiger partial charge is 0.493 e. The molecule has 0 saturated heterocycles. The molecule has 0 atom stereocenters. The number of carbonyl (C=O) groups excluding carboxylic acids is 1. The maximum atomic E-state index is 12.2. The lowest BCUT2D eigenvalue weighted by atomic mass is 10.2. The summed E-state index contributed by atoms with van der Waals surface area (Å²) in [4.78, 5) is 12.2. The molecule has 0 aromatic heterocycles. The van der Waals surface area contributed by atoms with Crippen LogP contribution in [0, 0.1) is 0 Å². The fourth-order valence-electron chi connectivity index (χ4n) is 2.53. The van der Waals surface area contributed by atoms with E-state index in [-0.39, 0.29) is 12.7 Å². The van der Waals surface area contributed by atoms with Crippen LogP contribution in [-0.2, 0) is 4.79 Å². The zero-order valence-corrected chi connectivity index (χ0v) is 14.7. The zero-order valence-electron chi connectivity index (χ0n) is 14.7. The second-order valence-corrected chi connectivity index (χ2v) is 5.35. The average molecular weight is 357 g/mol. The Kier molecular flexibility index (Phi) is 5.17. The normalized spacial score (nSPS) is 12.1. The fraction of sp³-hybridized carbons (Fsp3) is 0.211. The summed E-state index contributed by atoms with van der Waals surface area (Å²) in [6.45, 7) is 0.212. The summed E-state index contributed by atoms with van der Waals surface area (Å²) < 4.78 is 26.4. The number of amides is 1. The first kappa shape index (κ1) is 17.5. The van der Waals surface area contributed by atoms with E-state index in [1.807, 2.05) is 12.1 Å². The lowest BCUT2D eigenvalue weighted by molar-refractivity contribution is -0.111. The number of fused-ring (bicyclic) bond motifs is 1. The van der Waals surface area contributed by atoms with Crippen molar-refractivity contribution in [3.05, 3.63) is 42.0 Å². The van der Waals surface area contributed by atoms with Gasteiger partial charge in [-0.1, -0.05) is 6.07 Å². The molecule has 0 fully saturated rings. The number of rotatable bonds is 6. The molecule has 0 spiro atoms. The van der Waals surface area contributed by atoms with Gasteiger partial charge in [0.05, 0.1) is 21.3 Å². The molecule has 0 aliphatic carbocycles. The van der Waals surface area contributed by atoms with Gasteiger partial charge >= 0.3 is 0 Å². The third-order valence-electron chi connectivity index (χ3n) is 3.76. The van der Waals surface area contributed by atoms with Crippen molar-refractivity contribution in [1.29, 1.82) is 0 Å². The van der Waals surface area contributed by atoms with Crippen molar-refractivity contribution < 1.29 is 28.5 Å². The summed E-state index contributed by atoms with van der Waals surface area (Å²) in [5.41, 5.74) is 1.36. The molecule has 0 saturated carbocycles. The third-order valence-corrected chi connectivity index (χ3v) is 3.76. The van der Waals surface area contributed by atoms with Crippen LogP contribution in [0.1, 0.15) is 5.56 Å². The Bertz CT molecular complexity index is 821. The SMILES string of the molecule is COc1cc(NC(=O)/C=C/c2ccc3c(c2)OCO3)cc(OC)c1OC. The number of carbonyl (C=O) groups is 1. The van der Waals surface area contributed by atoms with Crippen LogP contribution in [0.15, 0.2) is 36.4 Å². The van der Waals surface area contributed by atoms with Crippen LogP contribution < -0.4 is 29.0 Å². The number of anilines is 1. The second kappa shape index (κ2) is 7.69. The Morgan fingerprint density at radius 2 is 1.69 bits per heavy atom.